The summed E-state index contributed by atoms with van der Waals surface area (Å²) >= 11 is 0. The number of nitrogens with zero attached hydrogens (tertiary/aromatic N) is 4. The van der Waals surface area contributed by atoms with Gasteiger partial charge in [0, 0.05) is 45.7 Å². The van der Waals surface area contributed by atoms with Crippen molar-refractivity contribution in [2.45, 2.75) is 18.5 Å². The van der Waals surface area contributed by atoms with Crippen LogP contribution in [0.2, 0.25) is 0 Å². The highest BCUT2D eigenvalue weighted by atomic mass is 16.5. The van der Waals surface area contributed by atoms with Gasteiger partial charge in [0.25, 0.3) is 5.91 Å². The van der Waals surface area contributed by atoms with Crippen LogP contribution < -0.4 is 0 Å². The fourth-order valence-electron chi connectivity index (χ4n) is 4.01. The summed E-state index contributed by atoms with van der Waals surface area (Å²) in [7, 11) is 0. The number of aromatic nitrogens is 1. The minimum atomic E-state index is -0.159. The Morgan fingerprint density at radius 2 is 2.09 bits per heavy atom. The molecule has 3 aliphatic rings. The fourth-order valence-corrected chi connectivity index (χ4v) is 4.01. The van der Waals surface area contributed by atoms with E-state index in [1.165, 1.54) is 6.20 Å². The number of hydrogen-bond donors (Lipinski definition) is 0. The molecule has 1 aromatic heterocycles. The summed E-state index contributed by atoms with van der Waals surface area (Å²) < 4.78 is 10.5. The van der Waals surface area contributed by atoms with E-state index in [0.29, 0.717) is 39.4 Å². The predicted octanol–water partition coefficient (Wildman–Crippen LogP) is -0.568. The second-order valence-corrected chi connectivity index (χ2v) is 6.58. The van der Waals surface area contributed by atoms with E-state index in [1.807, 2.05) is 4.90 Å². The van der Waals surface area contributed by atoms with Crippen LogP contribution in [-0.2, 0) is 9.53 Å². The van der Waals surface area contributed by atoms with Crippen molar-refractivity contribution < 1.29 is 18.8 Å². The number of rotatable bonds is 1. The highest BCUT2D eigenvalue weighted by Gasteiger charge is 2.56. The van der Waals surface area contributed by atoms with E-state index in [0.717, 1.165) is 6.54 Å². The van der Waals surface area contributed by atoms with E-state index in [2.05, 4.69) is 10.1 Å². The van der Waals surface area contributed by atoms with E-state index in [9.17, 15) is 9.59 Å². The van der Waals surface area contributed by atoms with Gasteiger partial charge < -0.3 is 19.1 Å². The van der Waals surface area contributed by atoms with Crippen LogP contribution in [0.1, 0.15) is 17.5 Å². The van der Waals surface area contributed by atoms with Crippen molar-refractivity contribution in [2.24, 2.45) is 0 Å². The molecule has 0 bridgehead atoms. The molecule has 23 heavy (non-hydrogen) atoms. The average Bonchev–Trinajstić information content (AvgIpc) is 3.05. The normalized spacial score (nSPS) is 26.7. The second kappa shape index (κ2) is 5.31. The Hall–Kier alpha value is -1.93. The van der Waals surface area contributed by atoms with Crippen LogP contribution in [0, 0.1) is 0 Å². The van der Waals surface area contributed by atoms with Crippen LogP contribution in [-0.4, -0.2) is 89.2 Å². The van der Waals surface area contributed by atoms with Gasteiger partial charge in [-0.3, -0.25) is 14.5 Å². The molecule has 3 fully saturated rings. The van der Waals surface area contributed by atoms with E-state index < -0.39 is 0 Å². The minimum Gasteiger partial charge on any atom is -0.378 e. The number of hydrogen-bond acceptors (Lipinski definition) is 6. The second-order valence-electron chi connectivity index (χ2n) is 6.58. The molecule has 124 valence electrons. The molecular formula is C15H20N4O4. The lowest BCUT2D eigenvalue weighted by atomic mass is 9.82. The zero-order chi connectivity index (χ0) is 16.0. The first-order valence-corrected chi connectivity index (χ1v) is 7.89. The van der Waals surface area contributed by atoms with Gasteiger partial charge in [-0.1, -0.05) is 5.16 Å². The molecule has 4 rings (SSSR count). The lowest BCUT2D eigenvalue weighted by Crippen LogP contribution is -2.81. The van der Waals surface area contributed by atoms with Crippen LogP contribution in [0.3, 0.4) is 0 Å². The Bertz CT molecular complexity index is 611. The first-order valence-electron chi connectivity index (χ1n) is 7.89. The zero-order valence-electron chi connectivity index (χ0n) is 13.1. The number of morpholine rings is 1. The molecule has 3 saturated heterocycles. The third kappa shape index (κ3) is 2.33. The lowest BCUT2D eigenvalue weighted by Gasteiger charge is -2.63. The molecule has 4 heterocycles. The van der Waals surface area contributed by atoms with Crippen LogP contribution in [0.4, 0.5) is 0 Å². The lowest BCUT2D eigenvalue weighted by molar-refractivity contribution is -0.167. The van der Waals surface area contributed by atoms with Crippen LogP contribution in [0.5, 0.6) is 0 Å². The number of fused-ring (bicyclic) bond motifs is 2. The Labute approximate surface area is 133 Å². The third-order valence-corrected chi connectivity index (χ3v) is 5.10. The molecule has 1 atom stereocenters. The van der Waals surface area contributed by atoms with Crippen molar-refractivity contribution in [3.63, 3.8) is 0 Å². The standard InChI is InChI=1S/C15H20N4O4/c1-11(20)17-6-12-7-22-5-4-19(12)15(8-17)9-18(10-15)14(21)13-2-3-16-23-13/h2-3,12H,4-10H2,1H3/t12-/m1/s1. The summed E-state index contributed by atoms with van der Waals surface area (Å²) in [5.74, 6) is 0.199. The van der Waals surface area contributed by atoms with E-state index in [4.69, 9.17) is 9.26 Å². The molecule has 0 unspecified atom stereocenters. The van der Waals surface area contributed by atoms with Gasteiger partial charge in [-0.05, 0) is 0 Å². The third-order valence-electron chi connectivity index (χ3n) is 5.10. The maximum absolute atomic E-state index is 12.4. The van der Waals surface area contributed by atoms with Gasteiger partial charge in [-0.2, -0.15) is 0 Å². The van der Waals surface area contributed by atoms with Crippen molar-refractivity contribution >= 4 is 11.8 Å². The number of piperazine rings is 1. The highest BCUT2D eigenvalue weighted by Crippen LogP contribution is 2.36. The van der Waals surface area contributed by atoms with Gasteiger partial charge in [0.1, 0.15) is 0 Å². The van der Waals surface area contributed by atoms with Crippen LogP contribution in [0.15, 0.2) is 16.8 Å². The number of carbonyl (C=O) groups excluding carboxylic acids is 2. The van der Waals surface area contributed by atoms with Gasteiger partial charge in [0.05, 0.1) is 31.0 Å². The molecule has 0 radical (unpaired) electrons. The maximum Gasteiger partial charge on any atom is 0.292 e. The minimum absolute atomic E-state index is 0.0783. The summed E-state index contributed by atoms with van der Waals surface area (Å²) in [5, 5.41) is 3.59. The quantitative estimate of drug-likeness (QED) is 0.690. The maximum atomic E-state index is 12.4. The van der Waals surface area contributed by atoms with Crippen molar-refractivity contribution in [1.29, 1.82) is 0 Å². The summed E-state index contributed by atoms with van der Waals surface area (Å²) in [4.78, 5) is 30.3. The van der Waals surface area contributed by atoms with Gasteiger partial charge in [-0.25, -0.2) is 0 Å². The highest BCUT2D eigenvalue weighted by molar-refractivity contribution is 5.92. The Balaban J connectivity index is 1.52. The molecule has 1 aromatic rings. The predicted molar refractivity (Wildman–Crippen MR) is 78.7 cm³/mol. The topological polar surface area (TPSA) is 79.1 Å². The average molecular weight is 320 g/mol. The Kier molecular flexibility index (Phi) is 3.38. The molecule has 2 amide bonds. The largest absolute Gasteiger partial charge is 0.378 e. The van der Waals surface area contributed by atoms with Gasteiger partial charge in [-0.15, -0.1) is 0 Å². The molecule has 8 heteroatoms. The van der Waals surface area contributed by atoms with Gasteiger partial charge in [0.2, 0.25) is 11.7 Å². The van der Waals surface area contributed by atoms with Gasteiger partial charge in [0.15, 0.2) is 0 Å². The smallest absolute Gasteiger partial charge is 0.292 e. The Morgan fingerprint density at radius 3 is 2.78 bits per heavy atom. The summed E-state index contributed by atoms with van der Waals surface area (Å²) in [6.45, 7) is 6.37. The van der Waals surface area contributed by atoms with E-state index >= 15 is 0 Å². The van der Waals surface area contributed by atoms with E-state index in [1.54, 1.807) is 17.9 Å². The van der Waals surface area contributed by atoms with E-state index in [-0.39, 0.29) is 29.2 Å². The zero-order valence-corrected chi connectivity index (χ0v) is 13.1. The SMILES string of the molecule is CC(=O)N1C[C@@H]2COCCN2C2(C1)CN(C(=O)c1ccno1)C2. The van der Waals surface area contributed by atoms with Crippen molar-refractivity contribution in [3.8, 4) is 0 Å². The van der Waals surface area contributed by atoms with Crippen molar-refractivity contribution in [1.82, 2.24) is 19.9 Å². The molecule has 1 spiro atoms. The molecule has 0 N–H and O–H groups in total. The van der Waals surface area contributed by atoms with Crippen molar-refractivity contribution in [3.05, 3.63) is 18.0 Å². The molecule has 8 nitrogen and oxygen atoms in total. The Morgan fingerprint density at radius 1 is 1.30 bits per heavy atom. The fraction of sp³-hybridized carbons (Fsp3) is 0.667. The molecule has 0 aliphatic carbocycles. The first kappa shape index (κ1) is 14.6. The molecular weight excluding hydrogens is 300 g/mol. The number of ether oxygens (including phenoxy) is 1. The van der Waals surface area contributed by atoms with Crippen LogP contribution in [0.25, 0.3) is 0 Å². The monoisotopic (exact) mass is 320 g/mol. The molecule has 0 aromatic carbocycles. The van der Waals surface area contributed by atoms with Gasteiger partial charge >= 0.3 is 0 Å². The van der Waals surface area contributed by atoms with Crippen LogP contribution >= 0.6 is 0 Å². The first-order chi connectivity index (χ1) is 11.1. The number of amides is 2. The molecule has 0 saturated carbocycles. The van der Waals surface area contributed by atoms with Crippen molar-refractivity contribution in [2.75, 3.05) is 45.9 Å². The number of carbonyl (C=O) groups is 2. The number of likely N-dealkylation sites (tertiary alicyclic amines) is 1. The summed E-state index contributed by atoms with van der Waals surface area (Å²) in [6.07, 6.45) is 1.47. The summed E-state index contributed by atoms with van der Waals surface area (Å²) in [5.41, 5.74) is -0.159. The summed E-state index contributed by atoms with van der Waals surface area (Å²) in [6, 6.07) is 1.79. The molecule has 3 aliphatic heterocycles.